The van der Waals surface area contributed by atoms with Crippen LogP contribution in [0.1, 0.15) is 29.8 Å². The molecular formula is C13H16F2IO5P. The van der Waals surface area contributed by atoms with Gasteiger partial charge in [-0.05, 0) is 48.6 Å². The van der Waals surface area contributed by atoms with Gasteiger partial charge >= 0.3 is 19.2 Å². The van der Waals surface area contributed by atoms with Gasteiger partial charge in [0.05, 0.1) is 25.9 Å². The third-order valence-corrected chi connectivity index (χ3v) is 5.45. The molecule has 1 aromatic carbocycles. The average Bonchev–Trinajstić information content (AvgIpc) is 2.46. The normalized spacial score (nSPS) is 12.3. The molecule has 0 atom stereocenters. The molecule has 0 N–H and O–H groups in total. The van der Waals surface area contributed by atoms with Gasteiger partial charge in [0.15, 0.2) is 0 Å². The first-order valence-electron chi connectivity index (χ1n) is 6.38. The Bertz CT molecular complexity index is 584. The van der Waals surface area contributed by atoms with Gasteiger partial charge in [0.25, 0.3) is 0 Å². The lowest BCUT2D eigenvalue weighted by Gasteiger charge is -2.27. The van der Waals surface area contributed by atoms with Crippen LogP contribution in [0.15, 0.2) is 18.2 Å². The van der Waals surface area contributed by atoms with Crippen molar-refractivity contribution in [2.45, 2.75) is 19.5 Å². The van der Waals surface area contributed by atoms with Crippen LogP contribution in [0.3, 0.4) is 0 Å². The number of carbonyl (C=O) groups excluding carboxylic acids is 1. The van der Waals surface area contributed by atoms with Gasteiger partial charge in [-0.1, -0.05) is 6.07 Å². The Kier molecular flexibility index (Phi) is 6.91. The minimum Gasteiger partial charge on any atom is -0.465 e. The van der Waals surface area contributed by atoms with E-state index in [4.69, 9.17) is 9.05 Å². The minimum absolute atomic E-state index is 0.217. The first-order valence-corrected chi connectivity index (χ1v) is 9.01. The molecule has 0 aliphatic rings. The van der Waals surface area contributed by atoms with Crippen molar-refractivity contribution in [2.75, 3.05) is 20.3 Å². The summed E-state index contributed by atoms with van der Waals surface area (Å²) in [4.78, 5) is 11.7. The summed E-state index contributed by atoms with van der Waals surface area (Å²) in [6.07, 6.45) is 0. The minimum atomic E-state index is -4.78. The number of hydrogen-bond acceptors (Lipinski definition) is 5. The largest absolute Gasteiger partial charge is 0.465 e. The van der Waals surface area contributed by atoms with E-state index in [-0.39, 0.29) is 18.8 Å². The Labute approximate surface area is 141 Å². The summed E-state index contributed by atoms with van der Waals surface area (Å²) in [5.41, 5.74) is -5.10. The maximum Gasteiger partial charge on any atom is 0.404 e. The van der Waals surface area contributed by atoms with E-state index in [0.717, 1.165) is 13.2 Å². The lowest BCUT2D eigenvalue weighted by Crippen LogP contribution is -2.22. The molecule has 5 nitrogen and oxygen atoms in total. The summed E-state index contributed by atoms with van der Waals surface area (Å²) in [7, 11) is -3.70. The van der Waals surface area contributed by atoms with Gasteiger partial charge in [0, 0.05) is 9.13 Å². The molecule has 0 radical (unpaired) electrons. The molecule has 0 aromatic heterocycles. The second kappa shape index (κ2) is 7.81. The molecule has 0 unspecified atom stereocenters. The number of rotatable bonds is 7. The van der Waals surface area contributed by atoms with E-state index in [2.05, 4.69) is 4.74 Å². The average molecular weight is 448 g/mol. The van der Waals surface area contributed by atoms with Crippen molar-refractivity contribution in [1.82, 2.24) is 0 Å². The predicted octanol–water partition coefficient (Wildman–Crippen LogP) is 4.39. The molecule has 0 saturated heterocycles. The number of benzene rings is 1. The molecule has 0 amide bonds. The number of esters is 1. The molecule has 124 valence electrons. The number of hydrogen-bond donors (Lipinski definition) is 0. The summed E-state index contributed by atoms with van der Waals surface area (Å²) in [5.74, 6) is -0.951. The van der Waals surface area contributed by atoms with E-state index >= 15 is 0 Å². The lowest BCUT2D eigenvalue weighted by molar-refractivity contribution is 0.0331. The van der Waals surface area contributed by atoms with Crippen molar-refractivity contribution in [3.63, 3.8) is 0 Å². The van der Waals surface area contributed by atoms with Crippen LogP contribution in [0.4, 0.5) is 8.78 Å². The molecule has 0 saturated carbocycles. The molecule has 0 spiro atoms. The maximum absolute atomic E-state index is 14.7. The van der Waals surface area contributed by atoms with E-state index in [1.807, 2.05) is 22.6 Å². The Morgan fingerprint density at radius 2 is 1.82 bits per heavy atom. The monoisotopic (exact) mass is 448 g/mol. The van der Waals surface area contributed by atoms with Crippen LogP contribution in [0, 0.1) is 3.57 Å². The van der Waals surface area contributed by atoms with Gasteiger partial charge in [0.2, 0.25) is 0 Å². The highest BCUT2D eigenvalue weighted by Gasteiger charge is 2.56. The Balaban J connectivity index is 3.49. The molecule has 1 aromatic rings. The molecule has 0 aliphatic heterocycles. The third kappa shape index (κ3) is 3.84. The Morgan fingerprint density at radius 1 is 1.27 bits per heavy atom. The molecule has 22 heavy (non-hydrogen) atoms. The first-order chi connectivity index (χ1) is 10.2. The molecule has 0 bridgehead atoms. The highest BCUT2D eigenvalue weighted by molar-refractivity contribution is 14.1. The summed E-state index contributed by atoms with van der Waals surface area (Å²) in [5, 5.41) is 0. The van der Waals surface area contributed by atoms with Gasteiger partial charge in [-0.3, -0.25) is 4.57 Å². The van der Waals surface area contributed by atoms with Crippen molar-refractivity contribution in [1.29, 1.82) is 0 Å². The fourth-order valence-electron chi connectivity index (χ4n) is 1.74. The number of carbonyl (C=O) groups is 1. The van der Waals surface area contributed by atoms with Crippen molar-refractivity contribution in [3.05, 3.63) is 32.9 Å². The SMILES string of the molecule is CCOP(=O)(OCC)C(F)(F)c1ccc(I)cc1C(=O)OC. The van der Waals surface area contributed by atoms with Gasteiger partial charge in [-0.15, -0.1) is 0 Å². The summed E-state index contributed by atoms with van der Waals surface area (Å²) in [6.45, 7) is 2.42. The van der Waals surface area contributed by atoms with E-state index in [0.29, 0.717) is 3.57 Å². The molecule has 9 heteroatoms. The Hall–Kier alpha value is -0.570. The van der Waals surface area contributed by atoms with Gasteiger partial charge < -0.3 is 13.8 Å². The zero-order valence-corrected chi connectivity index (χ0v) is 15.3. The fraction of sp³-hybridized carbons (Fsp3) is 0.462. The van der Waals surface area contributed by atoms with Gasteiger partial charge in [0.1, 0.15) is 0 Å². The van der Waals surface area contributed by atoms with Crippen LogP contribution < -0.4 is 0 Å². The highest BCUT2D eigenvalue weighted by Crippen LogP contribution is 2.67. The smallest absolute Gasteiger partial charge is 0.404 e. The Morgan fingerprint density at radius 3 is 2.27 bits per heavy atom. The van der Waals surface area contributed by atoms with Crippen LogP contribution in [-0.2, 0) is 24.0 Å². The number of alkyl halides is 2. The number of halogens is 3. The van der Waals surface area contributed by atoms with Crippen LogP contribution in [0.2, 0.25) is 0 Å². The van der Waals surface area contributed by atoms with Gasteiger partial charge in [-0.25, -0.2) is 4.79 Å². The zero-order valence-electron chi connectivity index (χ0n) is 12.3. The van der Waals surface area contributed by atoms with Crippen LogP contribution in [0.5, 0.6) is 0 Å². The number of methoxy groups -OCH3 is 1. The van der Waals surface area contributed by atoms with Crippen molar-refractivity contribution < 1.29 is 31.9 Å². The molecular weight excluding hydrogens is 432 g/mol. The lowest BCUT2D eigenvalue weighted by atomic mass is 10.1. The van der Waals surface area contributed by atoms with Crippen LogP contribution in [0.25, 0.3) is 0 Å². The second-order valence-corrected chi connectivity index (χ2v) is 7.37. The van der Waals surface area contributed by atoms with Crippen molar-refractivity contribution >= 4 is 36.2 Å². The van der Waals surface area contributed by atoms with Crippen molar-refractivity contribution in [2.24, 2.45) is 0 Å². The van der Waals surface area contributed by atoms with E-state index in [1.165, 1.54) is 26.0 Å². The summed E-state index contributed by atoms with van der Waals surface area (Å²) in [6, 6.07) is 3.63. The molecule has 0 aliphatic carbocycles. The summed E-state index contributed by atoms with van der Waals surface area (Å²) < 4.78 is 56.4. The molecule has 1 rings (SSSR count). The zero-order chi connectivity index (χ0) is 17.0. The highest BCUT2D eigenvalue weighted by atomic mass is 127. The van der Waals surface area contributed by atoms with E-state index < -0.39 is 24.8 Å². The van der Waals surface area contributed by atoms with Crippen molar-refractivity contribution in [3.8, 4) is 0 Å². The quantitative estimate of drug-likeness (QED) is 0.352. The van der Waals surface area contributed by atoms with Crippen LogP contribution in [-0.4, -0.2) is 26.3 Å². The second-order valence-electron chi connectivity index (χ2n) is 4.06. The summed E-state index contributed by atoms with van der Waals surface area (Å²) >= 11 is 1.87. The first kappa shape index (κ1) is 19.5. The van der Waals surface area contributed by atoms with Gasteiger partial charge in [-0.2, -0.15) is 8.78 Å². The van der Waals surface area contributed by atoms with E-state index in [1.54, 1.807) is 0 Å². The molecule has 0 heterocycles. The number of ether oxygens (including phenoxy) is 1. The predicted molar refractivity (Wildman–Crippen MR) is 85.3 cm³/mol. The molecule has 0 fully saturated rings. The third-order valence-electron chi connectivity index (χ3n) is 2.65. The maximum atomic E-state index is 14.7. The fourth-order valence-corrected chi connectivity index (χ4v) is 3.80. The standard InChI is InChI=1S/C13H16F2IO5P/c1-4-20-22(18,21-5-2)13(14,15)11-7-6-9(16)8-10(11)12(17)19-3/h6-8H,4-5H2,1-3H3. The van der Waals surface area contributed by atoms with E-state index in [9.17, 15) is 18.1 Å². The topological polar surface area (TPSA) is 61.8 Å². The van der Waals surface area contributed by atoms with Crippen LogP contribution >= 0.6 is 30.2 Å².